The van der Waals surface area contributed by atoms with Crippen LogP contribution < -0.4 is 11.1 Å². The zero-order chi connectivity index (χ0) is 13.5. The van der Waals surface area contributed by atoms with Crippen molar-refractivity contribution >= 4 is 11.6 Å². The fourth-order valence-electron chi connectivity index (χ4n) is 2.47. The summed E-state index contributed by atoms with van der Waals surface area (Å²) < 4.78 is 0. The second-order valence-corrected chi connectivity index (χ2v) is 5.14. The second kappa shape index (κ2) is 7.14. The average Bonchev–Trinajstić information content (AvgIpc) is 2.44. The number of hydrogen-bond acceptors (Lipinski definition) is 3. The molecular formula is C15H23N3O. The number of amides is 1. The number of carbonyl (C=O) groups is 1. The van der Waals surface area contributed by atoms with E-state index in [1.807, 2.05) is 0 Å². The lowest BCUT2D eigenvalue weighted by molar-refractivity contribution is 0.0951. The van der Waals surface area contributed by atoms with Crippen LogP contribution in [-0.2, 0) is 0 Å². The Bertz CT molecular complexity index is 414. The van der Waals surface area contributed by atoms with Gasteiger partial charge >= 0.3 is 0 Å². The first-order valence-corrected chi connectivity index (χ1v) is 7.12. The topological polar surface area (TPSA) is 58.4 Å². The van der Waals surface area contributed by atoms with Gasteiger partial charge in [0.15, 0.2) is 0 Å². The fourth-order valence-corrected chi connectivity index (χ4v) is 2.47. The van der Waals surface area contributed by atoms with Crippen LogP contribution in [0.1, 0.15) is 36.0 Å². The predicted octanol–water partition coefficient (Wildman–Crippen LogP) is 1.87. The minimum atomic E-state index is -0.0362. The molecule has 1 fully saturated rings. The maximum Gasteiger partial charge on any atom is 0.251 e. The highest BCUT2D eigenvalue weighted by Gasteiger charge is 2.09. The molecule has 0 radical (unpaired) electrons. The van der Waals surface area contributed by atoms with Crippen molar-refractivity contribution in [2.24, 2.45) is 0 Å². The number of hydrogen-bond donors (Lipinski definition) is 2. The average molecular weight is 261 g/mol. The Kier molecular flexibility index (Phi) is 5.21. The zero-order valence-corrected chi connectivity index (χ0v) is 11.4. The third-order valence-electron chi connectivity index (χ3n) is 3.53. The van der Waals surface area contributed by atoms with Gasteiger partial charge in [-0.25, -0.2) is 0 Å². The molecule has 1 aromatic carbocycles. The SMILES string of the molecule is Nc1cccc(C(=O)NCCCN2CCCCC2)c1. The number of benzene rings is 1. The van der Waals surface area contributed by atoms with Crippen LogP contribution in [0.15, 0.2) is 24.3 Å². The summed E-state index contributed by atoms with van der Waals surface area (Å²) in [6.07, 6.45) is 5.00. The molecule has 0 aromatic heterocycles. The highest BCUT2D eigenvalue weighted by atomic mass is 16.1. The van der Waals surface area contributed by atoms with Crippen molar-refractivity contribution in [3.63, 3.8) is 0 Å². The van der Waals surface area contributed by atoms with Gasteiger partial charge in [0.1, 0.15) is 0 Å². The second-order valence-electron chi connectivity index (χ2n) is 5.14. The summed E-state index contributed by atoms with van der Waals surface area (Å²) in [6.45, 7) is 4.23. The Labute approximate surface area is 115 Å². The van der Waals surface area contributed by atoms with Crippen LogP contribution in [0.4, 0.5) is 5.69 Å². The van der Waals surface area contributed by atoms with Crippen LogP contribution in [0.2, 0.25) is 0 Å². The van der Waals surface area contributed by atoms with E-state index in [4.69, 9.17) is 5.73 Å². The van der Waals surface area contributed by atoms with E-state index in [2.05, 4.69) is 10.2 Å². The number of nitrogens with zero attached hydrogens (tertiary/aromatic N) is 1. The molecule has 1 aromatic rings. The van der Waals surface area contributed by atoms with Gasteiger partial charge in [0, 0.05) is 17.8 Å². The summed E-state index contributed by atoms with van der Waals surface area (Å²) in [5.74, 6) is -0.0362. The normalized spacial score (nSPS) is 16.2. The number of nitrogen functional groups attached to an aromatic ring is 1. The maximum absolute atomic E-state index is 11.9. The minimum absolute atomic E-state index is 0.0362. The largest absolute Gasteiger partial charge is 0.399 e. The van der Waals surface area contributed by atoms with E-state index >= 15 is 0 Å². The molecule has 0 unspecified atom stereocenters. The van der Waals surface area contributed by atoms with Gasteiger partial charge in [-0.2, -0.15) is 0 Å². The van der Waals surface area contributed by atoms with Gasteiger partial charge in [-0.3, -0.25) is 4.79 Å². The van der Waals surface area contributed by atoms with Crippen molar-refractivity contribution in [1.82, 2.24) is 10.2 Å². The van der Waals surface area contributed by atoms with E-state index in [1.54, 1.807) is 24.3 Å². The zero-order valence-electron chi connectivity index (χ0n) is 11.4. The van der Waals surface area contributed by atoms with E-state index in [-0.39, 0.29) is 5.91 Å². The van der Waals surface area contributed by atoms with E-state index in [1.165, 1.54) is 32.4 Å². The fraction of sp³-hybridized carbons (Fsp3) is 0.533. The molecule has 19 heavy (non-hydrogen) atoms. The first-order valence-electron chi connectivity index (χ1n) is 7.12. The first-order chi connectivity index (χ1) is 9.25. The number of piperidine rings is 1. The molecule has 1 heterocycles. The Morgan fingerprint density at radius 3 is 2.79 bits per heavy atom. The lowest BCUT2D eigenvalue weighted by atomic mass is 10.1. The number of likely N-dealkylation sites (tertiary alicyclic amines) is 1. The van der Waals surface area contributed by atoms with Crippen LogP contribution in [0.3, 0.4) is 0 Å². The molecule has 0 spiro atoms. The molecule has 1 aliphatic rings. The Morgan fingerprint density at radius 1 is 1.26 bits per heavy atom. The molecule has 1 amide bonds. The van der Waals surface area contributed by atoms with Crippen LogP contribution in [0.25, 0.3) is 0 Å². The summed E-state index contributed by atoms with van der Waals surface area (Å²) in [5.41, 5.74) is 6.92. The number of carbonyl (C=O) groups excluding carboxylic acids is 1. The van der Waals surface area contributed by atoms with Gasteiger partial charge in [0.25, 0.3) is 5.91 Å². The number of anilines is 1. The van der Waals surface area contributed by atoms with Gasteiger partial charge in [-0.05, 0) is 57.1 Å². The summed E-state index contributed by atoms with van der Waals surface area (Å²) in [6, 6.07) is 7.08. The molecule has 2 rings (SSSR count). The standard InChI is InChI=1S/C15H23N3O/c16-14-7-4-6-13(12-14)15(19)17-8-5-11-18-9-2-1-3-10-18/h4,6-7,12H,1-3,5,8-11,16H2,(H,17,19). The molecule has 0 bridgehead atoms. The number of nitrogens with two attached hydrogens (primary N) is 1. The molecule has 4 nitrogen and oxygen atoms in total. The predicted molar refractivity (Wildman–Crippen MR) is 78.1 cm³/mol. The molecule has 0 aliphatic carbocycles. The molecular weight excluding hydrogens is 238 g/mol. The Balaban J connectivity index is 1.66. The Morgan fingerprint density at radius 2 is 2.05 bits per heavy atom. The van der Waals surface area contributed by atoms with Crippen molar-refractivity contribution < 1.29 is 4.79 Å². The summed E-state index contributed by atoms with van der Waals surface area (Å²) in [4.78, 5) is 14.4. The van der Waals surface area contributed by atoms with E-state index in [0.29, 0.717) is 11.3 Å². The van der Waals surface area contributed by atoms with E-state index < -0.39 is 0 Å². The maximum atomic E-state index is 11.9. The number of rotatable bonds is 5. The molecule has 4 heteroatoms. The molecule has 104 valence electrons. The van der Waals surface area contributed by atoms with Crippen molar-refractivity contribution in [2.75, 3.05) is 31.9 Å². The quantitative estimate of drug-likeness (QED) is 0.628. The van der Waals surface area contributed by atoms with Gasteiger partial charge in [-0.15, -0.1) is 0 Å². The van der Waals surface area contributed by atoms with Crippen LogP contribution in [-0.4, -0.2) is 37.0 Å². The van der Waals surface area contributed by atoms with E-state index in [9.17, 15) is 4.79 Å². The summed E-state index contributed by atoms with van der Waals surface area (Å²) in [7, 11) is 0. The third kappa shape index (κ3) is 4.56. The molecule has 3 N–H and O–H groups in total. The highest BCUT2D eigenvalue weighted by molar-refractivity contribution is 5.94. The summed E-state index contributed by atoms with van der Waals surface area (Å²) >= 11 is 0. The van der Waals surface area contributed by atoms with Crippen molar-refractivity contribution in [2.45, 2.75) is 25.7 Å². The van der Waals surface area contributed by atoms with Crippen molar-refractivity contribution in [3.05, 3.63) is 29.8 Å². The summed E-state index contributed by atoms with van der Waals surface area (Å²) in [5, 5.41) is 2.94. The Hall–Kier alpha value is -1.55. The molecule has 1 aliphatic heterocycles. The van der Waals surface area contributed by atoms with Gasteiger partial charge in [0.2, 0.25) is 0 Å². The smallest absolute Gasteiger partial charge is 0.251 e. The number of nitrogens with one attached hydrogen (secondary N) is 1. The molecule has 0 atom stereocenters. The lowest BCUT2D eigenvalue weighted by Gasteiger charge is -2.26. The van der Waals surface area contributed by atoms with Gasteiger partial charge in [-0.1, -0.05) is 12.5 Å². The lowest BCUT2D eigenvalue weighted by Crippen LogP contribution is -2.33. The van der Waals surface area contributed by atoms with Gasteiger partial charge in [0.05, 0.1) is 0 Å². The molecule has 1 saturated heterocycles. The van der Waals surface area contributed by atoms with Crippen LogP contribution in [0, 0.1) is 0 Å². The van der Waals surface area contributed by atoms with Crippen molar-refractivity contribution in [1.29, 1.82) is 0 Å². The first kappa shape index (κ1) is 13.9. The van der Waals surface area contributed by atoms with Crippen molar-refractivity contribution in [3.8, 4) is 0 Å². The minimum Gasteiger partial charge on any atom is -0.399 e. The highest BCUT2D eigenvalue weighted by Crippen LogP contribution is 2.09. The van der Waals surface area contributed by atoms with Crippen LogP contribution in [0.5, 0.6) is 0 Å². The third-order valence-corrected chi connectivity index (χ3v) is 3.53. The molecule has 0 saturated carbocycles. The van der Waals surface area contributed by atoms with Gasteiger partial charge < -0.3 is 16.0 Å². The van der Waals surface area contributed by atoms with Crippen LogP contribution >= 0.6 is 0 Å². The van der Waals surface area contributed by atoms with E-state index in [0.717, 1.165) is 19.5 Å². The monoisotopic (exact) mass is 261 g/mol.